The van der Waals surface area contributed by atoms with Crippen LogP contribution in [-0.4, -0.2) is 6.61 Å². The Labute approximate surface area is 203 Å². The van der Waals surface area contributed by atoms with E-state index in [0.29, 0.717) is 17.9 Å². The molecule has 0 amide bonds. The first-order chi connectivity index (χ1) is 16.5. The smallest absolute Gasteiger partial charge is 0.387 e. The maximum Gasteiger partial charge on any atom is 0.387 e. The summed E-state index contributed by atoms with van der Waals surface area (Å²) in [6, 6.07) is 2.26. The van der Waals surface area contributed by atoms with E-state index in [9.17, 15) is 17.6 Å². The van der Waals surface area contributed by atoms with Gasteiger partial charge in [0.15, 0.2) is 17.4 Å². The van der Waals surface area contributed by atoms with Gasteiger partial charge in [0.2, 0.25) is 0 Å². The molecule has 0 bridgehead atoms. The first kappa shape index (κ1) is 27.1. The molecule has 0 heterocycles. The lowest BCUT2D eigenvalue weighted by Crippen LogP contribution is -2.26. The van der Waals surface area contributed by atoms with Crippen LogP contribution in [0.4, 0.5) is 17.6 Å². The first-order valence-electron chi connectivity index (χ1n) is 13.5. The second-order valence-electron chi connectivity index (χ2n) is 10.5. The Balaban J connectivity index is 1.33. The van der Waals surface area contributed by atoms with Gasteiger partial charge >= 0.3 is 6.61 Å². The van der Waals surface area contributed by atoms with Gasteiger partial charge in [-0.3, -0.25) is 0 Å². The van der Waals surface area contributed by atoms with Crippen molar-refractivity contribution in [2.24, 2.45) is 23.7 Å². The topological polar surface area (TPSA) is 9.23 Å². The lowest BCUT2D eigenvalue weighted by molar-refractivity contribution is -0.0546. The summed E-state index contributed by atoms with van der Waals surface area (Å²) >= 11 is 0. The molecule has 0 atom stereocenters. The molecule has 0 N–H and O–H groups in total. The van der Waals surface area contributed by atoms with Gasteiger partial charge in [0.1, 0.15) is 0 Å². The Kier molecular flexibility index (Phi) is 11.3. The van der Waals surface area contributed by atoms with Gasteiger partial charge in [-0.05, 0) is 99.2 Å². The van der Waals surface area contributed by atoms with E-state index in [1.54, 1.807) is 0 Å². The Hall–Kier alpha value is -1.52. The van der Waals surface area contributed by atoms with E-state index in [-0.39, 0.29) is 0 Å². The van der Waals surface area contributed by atoms with Crippen LogP contribution >= 0.6 is 0 Å². The minimum absolute atomic E-state index is 0.512. The molecule has 34 heavy (non-hydrogen) atoms. The molecule has 0 spiro atoms. The molecule has 2 saturated carbocycles. The average molecular weight is 483 g/mol. The highest BCUT2D eigenvalue weighted by atomic mass is 19.3. The standard InChI is InChI=1S/C29H42F4O/c1-2-3-4-5-6-7-8-21-11-15-24(16-12-21)25-17-13-22(14-18-25)9-10-23-19-26(30)28(27(31)20-23)34-29(32)33/h3-4,19-22,24-25,29H,2,5-18H2,1H3. The van der Waals surface area contributed by atoms with Crippen molar-refractivity contribution >= 4 is 0 Å². The molecule has 0 aliphatic heterocycles. The van der Waals surface area contributed by atoms with E-state index in [0.717, 1.165) is 42.7 Å². The molecule has 1 aromatic carbocycles. The number of hydrogen-bond donors (Lipinski definition) is 0. The van der Waals surface area contributed by atoms with Crippen molar-refractivity contribution in [1.29, 1.82) is 0 Å². The maximum atomic E-state index is 14.0. The van der Waals surface area contributed by atoms with Gasteiger partial charge in [0, 0.05) is 0 Å². The predicted octanol–water partition coefficient (Wildman–Crippen LogP) is 9.64. The molecule has 2 aliphatic rings. The van der Waals surface area contributed by atoms with Crippen molar-refractivity contribution in [3.05, 3.63) is 41.5 Å². The van der Waals surface area contributed by atoms with E-state index < -0.39 is 24.0 Å². The van der Waals surface area contributed by atoms with Gasteiger partial charge in [-0.2, -0.15) is 8.78 Å². The minimum atomic E-state index is -3.24. The maximum absolute atomic E-state index is 14.0. The molecule has 1 aromatic rings. The van der Waals surface area contributed by atoms with Crippen LogP contribution in [-0.2, 0) is 6.42 Å². The third-order valence-corrected chi connectivity index (χ3v) is 8.19. The molecule has 1 nitrogen and oxygen atoms in total. The van der Waals surface area contributed by atoms with Crippen LogP contribution < -0.4 is 4.74 Å². The lowest BCUT2D eigenvalue weighted by Gasteiger charge is -2.38. The van der Waals surface area contributed by atoms with Crippen molar-refractivity contribution in [3.63, 3.8) is 0 Å². The van der Waals surface area contributed by atoms with E-state index in [2.05, 4.69) is 23.8 Å². The summed E-state index contributed by atoms with van der Waals surface area (Å²) in [6.45, 7) is -1.05. The summed E-state index contributed by atoms with van der Waals surface area (Å²) in [5, 5.41) is 0. The minimum Gasteiger partial charge on any atom is -0.429 e. The molecule has 2 fully saturated rings. The molecule has 192 valence electrons. The Bertz CT molecular complexity index is 723. The fourth-order valence-corrected chi connectivity index (χ4v) is 6.21. The monoisotopic (exact) mass is 482 g/mol. The highest BCUT2D eigenvalue weighted by Gasteiger charge is 2.30. The van der Waals surface area contributed by atoms with Crippen molar-refractivity contribution in [3.8, 4) is 5.75 Å². The number of aryl methyl sites for hydroxylation is 1. The molecule has 3 rings (SSSR count). The quantitative estimate of drug-likeness (QED) is 0.164. The largest absolute Gasteiger partial charge is 0.429 e. The van der Waals surface area contributed by atoms with Gasteiger partial charge in [-0.25, -0.2) is 8.78 Å². The second kappa shape index (κ2) is 14.1. The third kappa shape index (κ3) is 8.61. The number of allylic oxidation sites excluding steroid dienone is 2. The number of benzene rings is 1. The number of halogens is 4. The van der Waals surface area contributed by atoms with Crippen molar-refractivity contribution < 1.29 is 22.3 Å². The number of rotatable bonds is 12. The second-order valence-corrected chi connectivity index (χ2v) is 10.5. The summed E-state index contributed by atoms with van der Waals surface area (Å²) in [5.41, 5.74) is 0.512. The first-order valence-corrected chi connectivity index (χ1v) is 13.5. The number of alkyl halides is 2. The average Bonchev–Trinajstić information content (AvgIpc) is 2.83. The molecule has 0 saturated heterocycles. The van der Waals surface area contributed by atoms with Crippen molar-refractivity contribution in [2.75, 3.05) is 0 Å². The van der Waals surface area contributed by atoms with Gasteiger partial charge in [-0.1, -0.05) is 57.6 Å². The molecular weight excluding hydrogens is 440 g/mol. The lowest BCUT2D eigenvalue weighted by atomic mass is 9.68. The number of hydrogen-bond acceptors (Lipinski definition) is 1. The van der Waals surface area contributed by atoms with E-state index in [4.69, 9.17) is 0 Å². The predicted molar refractivity (Wildman–Crippen MR) is 130 cm³/mol. The van der Waals surface area contributed by atoms with E-state index in [1.165, 1.54) is 77.0 Å². The third-order valence-electron chi connectivity index (χ3n) is 8.19. The van der Waals surface area contributed by atoms with Crippen LogP contribution in [0.1, 0.15) is 102 Å². The Morgan fingerprint density at radius 3 is 1.91 bits per heavy atom. The fourth-order valence-electron chi connectivity index (χ4n) is 6.21. The highest BCUT2D eigenvalue weighted by Crippen LogP contribution is 2.43. The highest BCUT2D eigenvalue weighted by molar-refractivity contribution is 5.31. The normalized spacial score (nSPS) is 25.8. The van der Waals surface area contributed by atoms with Crippen molar-refractivity contribution in [2.45, 2.75) is 110 Å². The van der Waals surface area contributed by atoms with Crippen LogP contribution in [0.5, 0.6) is 5.75 Å². The molecule has 2 aliphatic carbocycles. The van der Waals surface area contributed by atoms with Gasteiger partial charge in [0.05, 0.1) is 0 Å². The van der Waals surface area contributed by atoms with Crippen LogP contribution in [0.3, 0.4) is 0 Å². The summed E-state index contributed by atoms with van der Waals surface area (Å²) in [5.74, 6) is 0.148. The zero-order chi connectivity index (χ0) is 24.3. The zero-order valence-electron chi connectivity index (χ0n) is 20.7. The zero-order valence-corrected chi connectivity index (χ0v) is 20.7. The van der Waals surface area contributed by atoms with Crippen LogP contribution in [0.15, 0.2) is 24.3 Å². The Morgan fingerprint density at radius 2 is 1.38 bits per heavy atom. The van der Waals surface area contributed by atoms with Gasteiger partial charge in [0.25, 0.3) is 0 Å². The summed E-state index contributed by atoms with van der Waals surface area (Å²) in [6.07, 6.45) is 23.0. The molecular formula is C29H42F4O. The summed E-state index contributed by atoms with van der Waals surface area (Å²) in [4.78, 5) is 0. The number of ether oxygens (including phenoxy) is 1. The molecule has 0 radical (unpaired) electrons. The molecule has 5 heteroatoms. The fraction of sp³-hybridized carbons (Fsp3) is 0.724. The molecule has 0 aromatic heterocycles. The van der Waals surface area contributed by atoms with Gasteiger partial charge < -0.3 is 4.74 Å². The van der Waals surface area contributed by atoms with Crippen LogP contribution in [0.2, 0.25) is 0 Å². The van der Waals surface area contributed by atoms with Gasteiger partial charge in [-0.15, -0.1) is 0 Å². The summed E-state index contributed by atoms with van der Waals surface area (Å²) in [7, 11) is 0. The van der Waals surface area contributed by atoms with Crippen molar-refractivity contribution in [1.82, 2.24) is 0 Å². The van der Waals surface area contributed by atoms with E-state index >= 15 is 0 Å². The van der Waals surface area contributed by atoms with Crippen LogP contribution in [0.25, 0.3) is 0 Å². The molecule has 0 unspecified atom stereocenters. The Morgan fingerprint density at radius 1 is 0.824 bits per heavy atom. The SMILES string of the molecule is CCC=CCCCCC1CCC(C2CCC(CCc3cc(F)c(OC(F)F)c(F)c3)CC2)CC1. The number of unbranched alkanes of at least 4 members (excludes halogenated alkanes) is 2. The summed E-state index contributed by atoms with van der Waals surface area (Å²) < 4.78 is 56.5. The van der Waals surface area contributed by atoms with E-state index in [1.807, 2.05) is 0 Å². The van der Waals surface area contributed by atoms with Crippen LogP contribution in [0, 0.1) is 35.3 Å².